The number of carboxylic acids is 1. The number of aliphatic carboxylic acids is 1. The van der Waals surface area contributed by atoms with Crippen LogP contribution < -0.4 is 5.32 Å². The second-order valence-electron chi connectivity index (χ2n) is 4.62. The van der Waals surface area contributed by atoms with E-state index in [0.29, 0.717) is 17.7 Å². The zero-order valence-electron chi connectivity index (χ0n) is 9.96. The monoisotopic (exact) mass is 331 g/mol. The van der Waals surface area contributed by atoms with Crippen LogP contribution in [0.4, 0.5) is 0 Å². The molecule has 1 aromatic heterocycles. The molecule has 0 aliphatic heterocycles. The summed E-state index contributed by atoms with van der Waals surface area (Å²) >= 11 is 4.69. The van der Waals surface area contributed by atoms with Crippen LogP contribution in [0.2, 0.25) is 0 Å². The van der Waals surface area contributed by atoms with Crippen LogP contribution in [0.1, 0.15) is 40.9 Å². The van der Waals surface area contributed by atoms with Gasteiger partial charge in [0.05, 0.1) is 8.66 Å². The average molecular weight is 332 g/mol. The van der Waals surface area contributed by atoms with E-state index in [2.05, 4.69) is 21.2 Å². The molecule has 0 spiro atoms. The summed E-state index contributed by atoms with van der Waals surface area (Å²) in [5.74, 6) is -1.22. The number of rotatable bonds is 3. The molecule has 0 radical (unpaired) electrons. The van der Waals surface area contributed by atoms with Gasteiger partial charge in [0, 0.05) is 0 Å². The fourth-order valence-corrected chi connectivity index (χ4v) is 3.65. The highest BCUT2D eigenvalue weighted by Crippen LogP contribution is 2.32. The molecule has 0 unspecified atom stereocenters. The molecule has 1 fully saturated rings. The van der Waals surface area contributed by atoms with E-state index >= 15 is 0 Å². The first-order chi connectivity index (χ1) is 8.44. The molecule has 0 saturated heterocycles. The molecule has 0 bridgehead atoms. The maximum atomic E-state index is 12.1. The van der Waals surface area contributed by atoms with E-state index in [1.807, 2.05) is 6.92 Å². The molecule has 1 amide bonds. The van der Waals surface area contributed by atoms with Gasteiger partial charge in [0.25, 0.3) is 5.91 Å². The molecule has 98 valence electrons. The van der Waals surface area contributed by atoms with Gasteiger partial charge in [-0.25, -0.2) is 4.79 Å². The second-order valence-corrected chi connectivity index (χ2v) is 6.99. The fourth-order valence-electron chi connectivity index (χ4n) is 2.22. The van der Waals surface area contributed by atoms with Gasteiger partial charge in [0.1, 0.15) is 5.54 Å². The summed E-state index contributed by atoms with van der Waals surface area (Å²) in [6.07, 6.45) is 2.72. The Morgan fingerprint density at radius 3 is 2.50 bits per heavy atom. The highest BCUT2D eigenvalue weighted by Gasteiger charge is 2.42. The molecule has 1 saturated carbocycles. The lowest BCUT2D eigenvalue weighted by Crippen LogP contribution is -2.52. The molecular weight excluding hydrogens is 318 g/mol. The summed E-state index contributed by atoms with van der Waals surface area (Å²) in [6, 6.07) is 1.77. The SMILES string of the molecule is Cc1cc(C(=O)NC2(C(=O)O)CCCC2)sc1Br. The van der Waals surface area contributed by atoms with E-state index in [1.165, 1.54) is 11.3 Å². The topological polar surface area (TPSA) is 66.4 Å². The lowest BCUT2D eigenvalue weighted by atomic mass is 9.98. The summed E-state index contributed by atoms with van der Waals surface area (Å²) in [6.45, 7) is 1.90. The van der Waals surface area contributed by atoms with E-state index < -0.39 is 11.5 Å². The number of carboxylic acid groups (broad SMARTS) is 1. The van der Waals surface area contributed by atoms with Gasteiger partial charge in [-0.15, -0.1) is 11.3 Å². The Morgan fingerprint density at radius 1 is 1.44 bits per heavy atom. The van der Waals surface area contributed by atoms with Crippen molar-refractivity contribution in [1.82, 2.24) is 5.32 Å². The first-order valence-corrected chi connectivity index (χ1v) is 7.37. The van der Waals surface area contributed by atoms with Crippen LogP contribution in [0.25, 0.3) is 0 Å². The van der Waals surface area contributed by atoms with Crippen molar-refractivity contribution in [2.24, 2.45) is 0 Å². The molecule has 18 heavy (non-hydrogen) atoms. The number of carbonyl (C=O) groups is 2. The van der Waals surface area contributed by atoms with Gasteiger partial charge >= 0.3 is 5.97 Å². The van der Waals surface area contributed by atoms with E-state index in [4.69, 9.17) is 0 Å². The van der Waals surface area contributed by atoms with Crippen molar-refractivity contribution in [2.45, 2.75) is 38.1 Å². The van der Waals surface area contributed by atoms with Crippen LogP contribution in [0.15, 0.2) is 9.85 Å². The third-order valence-corrected chi connectivity index (χ3v) is 5.44. The molecule has 6 heteroatoms. The Bertz CT molecular complexity index is 472. The van der Waals surface area contributed by atoms with Gasteiger partial charge < -0.3 is 10.4 Å². The lowest BCUT2D eigenvalue weighted by Gasteiger charge is -2.24. The Balaban J connectivity index is 2.17. The molecule has 4 nitrogen and oxygen atoms in total. The molecule has 1 aliphatic rings. The van der Waals surface area contributed by atoms with E-state index in [-0.39, 0.29) is 5.91 Å². The molecule has 2 N–H and O–H groups in total. The van der Waals surface area contributed by atoms with Crippen molar-refractivity contribution in [1.29, 1.82) is 0 Å². The Morgan fingerprint density at radius 2 is 2.06 bits per heavy atom. The predicted octanol–water partition coefficient (Wildman–Crippen LogP) is 2.95. The number of hydrogen-bond acceptors (Lipinski definition) is 3. The smallest absolute Gasteiger partial charge is 0.329 e. The molecular formula is C12H14BrNO3S. The van der Waals surface area contributed by atoms with Crippen LogP contribution >= 0.6 is 27.3 Å². The van der Waals surface area contributed by atoms with Crippen molar-refractivity contribution >= 4 is 39.1 Å². The molecule has 2 rings (SSSR count). The van der Waals surface area contributed by atoms with Gasteiger partial charge in [-0.3, -0.25) is 4.79 Å². The molecule has 0 aromatic carbocycles. The van der Waals surface area contributed by atoms with Crippen LogP contribution in [-0.4, -0.2) is 22.5 Å². The Labute approximate surface area is 118 Å². The van der Waals surface area contributed by atoms with Crippen molar-refractivity contribution in [2.75, 3.05) is 0 Å². The number of carbonyl (C=O) groups excluding carboxylic acids is 1. The number of nitrogens with one attached hydrogen (secondary N) is 1. The summed E-state index contributed by atoms with van der Waals surface area (Å²) in [5.41, 5.74) is -0.0810. The van der Waals surface area contributed by atoms with Gasteiger partial charge in [0.2, 0.25) is 0 Å². The van der Waals surface area contributed by atoms with Gasteiger partial charge in [0.15, 0.2) is 0 Å². The minimum atomic E-state index is -1.07. The van der Waals surface area contributed by atoms with Crippen LogP contribution in [0, 0.1) is 6.92 Å². The predicted molar refractivity (Wildman–Crippen MR) is 73.1 cm³/mol. The molecule has 1 aliphatic carbocycles. The molecule has 1 heterocycles. The van der Waals surface area contributed by atoms with Crippen LogP contribution in [-0.2, 0) is 4.79 Å². The highest BCUT2D eigenvalue weighted by molar-refractivity contribution is 9.11. The third-order valence-electron chi connectivity index (χ3n) is 3.30. The number of hydrogen-bond donors (Lipinski definition) is 2. The number of amides is 1. The van der Waals surface area contributed by atoms with Gasteiger partial charge in [-0.2, -0.15) is 0 Å². The van der Waals surface area contributed by atoms with Crippen LogP contribution in [0.5, 0.6) is 0 Å². The Hall–Kier alpha value is -0.880. The largest absolute Gasteiger partial charge is 0.480 e. The van der Waals surface area contributed by atoms with Crippen LogP contribution in [0.3, 0.4) is 0 Å². The van der Waals surface area contributed by atoms with Gasteiger partial charge in [-0.1, -0.05) is 12.8 Å². The normalized spacial score (nSPS) is 17.7. The number of thiophene rings is 1. The first kappa shape index (κ1) is 13.5. The summed E-state index contributed by atoms with van der Waals surface area (Å²) in [4.78, 5) is 24.0. The van der Waals surface area contributed by atoms with E-state index in [9.17, 15) is 14.7 Å². The summed E-state index contributed by atoms with van der Waals surface area (Å²) in [5, 5.41) is 12.0. The highest BCUT2D eigenvalue weighted by atomic mass is 79.9. The minimum Gasteiger partial charge on any atom is -0.480 e. The van der Waals surface area contributed by atoms with Crippen molar-refractivity contribution in [3.8, 4) is 0 Å². The van der Waals surface area contributed by atoms with Crippen molar-refractivity contribution < 1.29 is 14.7 Å². The van der Waals surface area contributed by atoms with E-state index in [0.717, 1.165) is 22.2 Å². The maximum Gasteiger partial charge on any atom is 0.329 e. The van der Waals surface area contributed by atoms with E-state index in [1.54, 1.807) is 6.07 Å². The zero-order chi connectivity index (χ0) is 13.3. The van der Waals surface area contributed by atoms with Gasteiger partial charge in [-0.05, 0) is 47.3 Å². The minimum absolute atomic E-state index is 0.293. The zero-order valence-corrected chi connectivity index (χ0v) is 12.4. The third kappa shape index (κ3) is 2.44. The first-order valence-electron chi connectivity index (χ1n) is 5.76. The van der Waals surface area contributed by atoms with Crippen molar-refractivity contribution in [3.63, 3.8) is 0 Å². The second kappa shape index (κ2) is 5.01. The molecule has 1 aromatic rings. The fraction of sp³-hybridized carbons (Fsp3) is 0.500. The molecule has 0 atom stereocenters. The number of aryl methyl sites for hydroxylation is 1. The maximum absolute atomic E-state index is 12.1. The van der Waals surface area contributed by atoms with Crippen molar-refractivity contribution in [3.05, 3.63) is 20.3 Å². The summed E-state index contributed by atoms with van der Waals surface area (Å²) < 4.78 is 0.906. The summed E-state index contributed by atoms with van der Waals surface area (Å²) in [7, 11) is 0. The quantitative estimate of drug-likeness (QED) is 0.894. The average Bonchev–Trinajstić information content (AvgIpc) is 2.88. The standard InChI is InChI=1S/C12H14BrNO3S/c1-7-6-8(18-9(7)13)10(15)14-12(11(16)17)4-2-3-5-12/h6H,2-5H2,1H3,(H,14,15)(H,16,17). The Kier molecular flexibility index (Phi) is 3.77. The number of halogens is 1. The lowest BCUT2D eigenvalue weighted by molar-refractivity contribution is -0.144.